The van der Waals surface area contributed by atoms with Crippen LogP contribution in [0.3, 0.4) is 0 Å². The Morgan fingerprint density at radius 1 is 1.08 bits per heavy atom. The molecule has 1 aromatic heterocycles. The van der Waals surface area contributed by atoms with Crippen molar-refractivity contribution in [2.75, 3.05) is 13.2 Å². The molecule has 0 fully saturated rings. The summed E-state index contributed by atoms with van der Waals surface area (Å²) in [6.07, 6.45) is -0.889. The van der Waals surface area contributed by atoms with Crippen LogP contribution in [0.5, 0.6) is 11.5 Å². The van der Waals surface area contributed by atoms with Crippen molar-refractivity contribution in [3.05, 3.63) is 58.9 Å². The first-order valence-corrected chi connectivity index (χ1v) is 8.03. The van der Waals surface area contributed by atoms with Crippen LogP contribution in [0.1, 0.15) is 6.92 Å². The standard InChI is InChI=1S/C18H19N3O4/c1-2-24-14-7-9-15(10-8-14)25-12-13(22)11-21-18(23)16-5-3-4-6-17(16)19-20-21/h3-10,13,22H,2,11-12H2,1H3/t13-/m1/s1. The van der Waals surface area contributed by atoms with E-state index in [2.05, 4.69) is 10.3 Å². The van der Waals surface area contributed by atoms with Gasteiger partial charge in [-0.25, -0.2) is 4.68 Å². The molecule has 3 aromatic rings. The van der Waals surface area contributed by atoms with Gasteiger partial charge in [-0.2, -0.15) is 0 Å². The van der Waals surface area contributed by atoms with Gasteiger partial charge in [0.2, 0.25) is 0 Å². The minimum absolute atomic E-state index is 0.00764. The molecule has 0 aliphatic heterocycles. The fourth-order valence-corrected chi connectivity index (χ4v) is 2.39. The third-order valence-corrected chi connectivity index (χ3v) is 3.59. The largest absolute Gasteiger partial charge is 0.494 e. The first-order valence-electron chi connectivity index (χ1n) is 8.03. The number of nitrogens with zero attached hydrogens (tertiary/aromatic N) is 3. The third kappa shape index (κ3) is 4.13. The number of ether oxygens (including phenoxy) is 2. The van der Waals surface area contributed by atoms with E-state index in [1.165, 1.54) is 0 Å². The van der Waals surface area contributed by atoms with Gasteiger partial charge in [0.05, 0.1) is 18.5 Å². The Balaban J connectivity index is 1.62. The highest BCUT2D eigenvalue weighted by atomic mass is 16.5. The van der Waals surface area contributed by atoms with Crippen molar-refractivity contribution in [3.63, 3.8) is 0 Å². The summed E-state index contributed by atoms with van der Waals surface area (Å²) >= 11 is 0. The highest BCUT2D eigenvalue weighted by Gasteiger charge is 2.11. The minimum atomic E-state index is -0.889. The van der Waals surface area contributed by atoms with Crippen molar-refractivity contribution in [1.29, 1.82) is 0 Å². The lowest BCUT2D eigenvalue weighted by Gasteiger charge is -2.13. The summed E-state index contributed by atoms with van der Waals surface area (Å²) in [7, 11) is 0. The van der Waals surface area contributed by atoms with E-state index < -0.39 is 6.10 Å². The van der Waals surface area contributed by atoms with Crippen LogP contribution in [0.2, 0.25) is 0 Å². The van der Waals surface area contributed by atoms with Crippen LogP contribution in [-0.2, 0) is 6.54 Å². The molecule has 0 saturated carbocycles. The molecule has 0 unspecified atom stereocenters. The topological polar surface area (TPSA) is 86.5 Å². The van der Waals surface area contributed by atoms with E-state index in [0.29, 0.717) is 23.3 Å². The second-order valence-corrected chi connectivity index (χ2v) is 5.46. The lowest BCUT2D eigenvalue weighted by atomic mass is 10.2. The smallest absolute Gasteiger partial charge is 0.277 e. The molecule has 3 rings (SSSR count). The zero-order valence-corrected chi connectivity index (χ0v) is 13.8. The van der Waals surface area contributed by atoms with Crippen LogP contribution in [0.25, 0.3) is 10.9 Å². The maximum Gasteiger partial charge on any atom is 0.277 e. The van der Waals surface area contributed by atoms with Crippen molar-refractivity contribution in [1.82, 2.24) is 15.0 Å². The Kier molecular flexibility index (Phi) is 5.25. The quantitative estimate of drug-likeness (QED) is 0.703. The van der Waals surface area contributed by atoms with Crippen LogP contribution >= 0.6 is 0 Å². The summed E-state index contributed by atoms with van der Waals surface area (Å²) in [5, 5.41) is 18.4. The number of hydrogen-bond acceptors (Lipinski definition) is 6. The molecule has 1 atom stereocenters. The Bertz CT molecular complexity index is 893. The predicted molar refractivity (Wildman–Crippen MR) is 92.9 cm³/mol. The first-order chi connectivity index (χ1) is 12.2. The van der Waals surface area contributed by atoms with Crippen molar-refractivity contribution >= 4 is 10.9 Å². The average Bonchev–Trinajstić information content (AvgIpc) is 2.64. The van der Waals surface area contributed by atoms with E-state index in [9.17, 15) is 9.90 Å². The summed E-state index contributed by atoms with van der Waals surface area (Å²) in [5.74, 6) is 1.37. The highest BCUT2D eigenvalue weighted by Crippen LogP contribution is 2.17. The zero-order valence-electron chi connectivity index (χ0n) is 13.8. The van der Waals surface area contributed by atoms with Gasteiger partial charge in [-0.05, 0) is 43.3 Å². The Morgan fingerprint density at radius 2 is 1.76 bits per heavy atom. The summed E-state index contributed by atoms with van der Waals surface area (Å²) in [6.45, 7) is 2.56. The fourth-order valence-electron chi connectivity index (χ4n) is 2.39. The van der Waals surface area contributed by atoms with Crippen LogP contribution in [0, 0.1) is 0 Å². The molecule has 7 heteroatoms. The summed E-state index contributed by atoms with van der Waals surface area (Å²) in [5.41, 5.74) is 0.245. The fraction of sp³-hybridized carbons (Fsp3) is 0.278. The Labute approximate surface area is 144 Å². The molecule has 1 N–H and O–H groups in total. The van der Waals surface area contributed by atoms with Crippen molar-refractivity contribution < 1.29 is 14.6 Å². The molecule has 0 spiro atoms. The summed E-state index contributed by atoms with van der Waals surface area (Å²) < 4.78 is 12.0. The third-order valence-electron chi connectivity index (χ3n) is 3.59. The molecule has 7 nitrogen and oxygen atoms in total. The first kappa shape index (κ1) is 16.9. The molecule has 1 heterocycles. The molecule has 2 aromatic carbocycles. The SMILES string of the molecule is CCOc1ccc(OC[C@H](O)Cn2nnc3ccccc3c2=O)cc1. The molecule has 0 saturated heterocycles. The van der Waals surface area contributed by atoms with Gasteiger partial charge in [0.15, 0.2) is 0 Å². The van der Waals surface area contributed by atoms with Gasteiger partial charge >= 0.3 is 0 Å². The predicted octanol–water partition coefficient (Wildman–Crippen LogP) is 1.63. The molecule has 130 valence electrons. The lowest BCUT2D eigenvalue weighted by molar-refractivity contribution is 0.0873. The summed E-state index contributed by atoms with van der Waals surface area (Å²) in [6, 6.07) is 14.1. The van der Waals surface area contributed by atoms with Gasteiger partial charge in [0.25, 0.3) is 5.56 Å². The van der Waals surface area contributed by atoms with Gasteiger partial charge in [0.1, 0.15) is 29.7 Å². The number of aliphatic hydroxyl groups is 1. The molecule has 0 radical (unpaired) electrons. The number of benzene rings is 2. The number of rotatable bonds is 7. The van der Waals surface area contributed by atoms with Crippen LogP contribution in [0.4, 0.5) is 0 Å². The second kappa shape index (κ2) is 7.76. The van der Waals surface area contributed by atoms with E-state index in [1.807, 2.05) is 6.92 Å². The molecule has 0 aliphatic carbocycles. The van der Waals surface area contributed by atoms with Crippen LogP contribution in [0.15, 0.2) is 53.3 Å². The second-order valence-electron chi connectivity index (χ2n) is 5.46. The molecular formula is C18H19N3O4. The molecule has 25 heavy (non-hydrogen) atoms. The van der Waals surface area contributed by atoms with E-state index in [1.54, 1.807) is 48.5 Å². The number of aliphatic hydroxyl groups excluding tert-OH is 1. The van der Waals surface area contributed by atoms with E-state index >= 15 is 0 Å². The van der Waals surface area contributed by atoms with Crippen molar-refractivity contribution in [2.24, 2.45) is 0 Å². The molecule has 0 aliphatic rings. The van der Waals surface area contributed by atoms with Gasteiger partial charge < -0.3 is 14.6 Å². The number of aromatic nitrogens is 3. The normalized spacial score (nSPS) is 12.1. The van der Waals surface area contributed by atoms with Crippen molar-refractivity contribution in [2.45, 2.75) is 19.6 Å². The molecule has 0 bridgehead atoms. The number of fused-ring (bicyclic) bond motifs is 1. The van der Waals surface area contributed by atoms with Gasteiger partial charge in [0, 0.05) is 0 Å². The van der Waals surface area contributed by atoms with Gasteiger partial charge in [-0.15, -0.1) is 5.10 Å². The van der Waals surface area contributed by atoms with Crippen molar-refractivity contribution in [3.8, 4) is 11.5 Å². The molecule has 0 amide bonds. The maximum absolute atomic E-state index is 12.3. The van der Waals surface area contributed by atoms with Crippen LogP contribution < -0.4 is 15.0 Å². The average molecular weight is 341 g/mol. The number of hydrogen-bond donors (Lipinski definition) is 1. The summed E-state index contributed by atoms with van der Waals surface area (Å²) in [4.78, 5) is 12.3. The zero-order chi connectivity index (χ0) is 17.6. The maximum atomic E-state index is 12.3. The van der Waals surface area contributed by atoms with E-state index in [-0.39, 0.29) is 18.7 Å². The monoisotopic (exact) mass is 341 g/mol. The van der Waals surface area contributed by atoms with Gasteiger partial charge in [-0.1, -0.05) is 17.3 Å². The van der Waals surface area contributed by atoms with E-state index in [0.717, 1.165) is 10.4 Å². The Morgan fingerprint density at radius 3 is 2.48 bits per heavy atom. The highest BCUT2D eigenvalue weighted by molar-refractivity contribution is 5.76. The van der Waals surface area contributed by atoms with Crippen LogP contribution in [-0.4, -0.2) is 39.4 Å². The molecular weight excluding hydrogens is 322 g/mol. The van der Waals surface area contributed by atoms with E-state index in [4.69, 9.17) is 9.47 Å². The van der Waals surface area contributed by atoms with Gasteiger partial charge in [-0.3, -0.25) is 4.79 Å². The lowest BCUT2D eigenvalue weighted by Crippen LogP contribution is -2.32. The Hall–Kier alpha value is -2.93. The minimum Gasteiger partial charge on any atom is -0.494 e.